The van der Waals surface area contributed by atoms with Gasteiger partial charge in [-0.2, -0.15) is 4.31 Å². The van der Waals surface area contributed by atoms with Crippen molar-refractivity contribution in [3.05, 3.63) is 53.7 Å². The summed E-state index contributed by atoms with van der Waals surface area (Å²) in [5.41, 5.74) is 2.14. The van der Waals surface area contributed by atoms with Gasteiger partial charge in [0.15, 0.2) is 0 Å². The van der Waals surface area contributed by atoms with Crippen molar-refractivity contribution in [3.8, 4) is 0 Å². The van der Waals surface area contributed by atoms with Crippen molar-refractivity contribution in [2.24, 2.45) is 0 Å². The van der Waals surface area contributed by atoms with Gasteiger partial charge in [-0.15, -0.1) is 11.8 Å². The average Bonchev–Trinajstić information content (AvgIpc) is 3.20. The second kappa shape index (κ2) is 8.56. The van der Waals surface area contributed by atoms with E-state index in [9.17, 15) is 8.42 Å². The minimum absolute atomic E-state index is 0.119. The first-order chi connectivity index (χ1) is 13.6. The number of hydrogen-bond acceptors (Lipinski definition) is 4. The number of hydrogen-bond donors (Lipinski definition) is 0. The molecule has 1 saturated heterocycles. The van der Waals surface area contributed by atoms with E-state index >= 15 is 0 Å². The third kappa shape index (κ3) is 4.14. The second-order valence-corrected chi connectivity index (χ2v) is 11.0. The SMILES string of the molecule is Cc1ccc(S(=O)(=O)N2CCC[C@@H]2c2cccnc2SC2CCCCC2)cc1. The average molecular weight is 417 g/mol. The zero-order valence-electron chi connectivity index (χ0n) is 16.4. The van der Waals surface area contributed by atoms with Gasteiger partial charge in [-0.1, -0.05) is 43.0 Å². The molecule has 1 atom stereocenters. The van der Waals surface area contributed by atoms with E-state index in [0.29, 0.717) is 16.7 Å². The summed E-state index contributed by atoms with van der Waals surface area (Å²) in [6, 6.07) is 11.1. The van der Waals surface area contributed by atoms with Crippen molar-refractivity contribution < 1.29 is 8.42 Å². The largest absolute Gasteiger partial charge is 0.250 e. The molecule has 0 unspecified atom stereocenters. The van der Waals surface area contributed by atoms with Crippen molar-refractivity contribution >= 4 is 21.8 Å². The van der Waals surface area contributed by atoms with Crippen molar-refractivity contribution in [2.75, 3.05) is 6.54 Å². The Morgan fingerprint density at radius 1 is 1.00 bits per heavy atom. The van der Waals surface area contributed by atoms with Crippen LogP contribution in [0.2, 0.25) is 0 Å². The molecule has 0 amide bonds. The topological polar surface area (TPSA) is 50.3 Å². The number of aromatic nitrogens is 1. The highest BCUT2D eigenvalue weighted by atomic mass is 32.2. The first-order valence-electron chi connectivity index (χ1n) is 10.3. The maximum absolute atomic E-state index is 13.3. The first-order valence-corrected chi connectivity index (χ1v) is 12.6. The summed E-state index contributed by atoms with van der Waals surface area (Å²) >= 11 is 1.86. The lowest BCUT2D eigenvalue weighted by atomic mass is 10.0. The molecule has 28 heavy (non-hydrogen) atoms. The third-order valence-electron chi connectivity index (χ3n) is 5.82. The van der Waals surface area contributed by atoms with Crippen molar-refractivity contribution in [1.82, 2.24) is 9.29 Å². The molecule has 6 heteroatoms. The molecule has 4 nitrogen and oxygen atoms in total. The van der Waals surface area contributed by atoms with Crippen LogP contribution in [-0.4, -0.2) is 29.5 Å². The Kier molecular flexibility index (Phi) is 6.09. The summed E-state index contributed by atoms with van der Waals surface area (Å²) in [6.45, 7) is 2.54. The molecule has 4 rings (SSSR count). The molecule has 2 aliphatic rings. The molecule has 0 N–H and O–H groups in total. The lowest BCUT2D eigenvalue weighted by Crippen LogP contribution is -2.31. The highest BCUT2D eigenvalue weighted by Gasteiger charge is 2.37. The van der Waals surface area contributed by atoms with E-state index in [2.05, 4.69) is 11.1 Å². The van der Waals surface area contributed by atoms with Gasteiger partial charge in [0.2, 0.25) is 10.0 Å². The minimum Gasteiger partial charge on any atom is -0.250 e. The van der Waals surface area contributed by atoms with Crippen molar-refractivity contribution in [1.29, 1.82) is 0 Å². The van der Waals surface area contributed by atoms with Crippen LogP contribution >= 0.6 is 11.8 Å². The van der Waals surface area contributed by atoms with E-state index in [1.807, 2.05) is 43.1 Å². The number of aryl methyl sites for hydroxylation is 1. The smallest absolute Gasteiger partial charge is 0.243 e. The number of nitrogens with zero attached hydrogens (tertiary/aromatic N) is 2. The molecule has 150 valence electrons. The minimum atomic E-state index is -3.51. The van der Waals surface area contributed by atoms with Crippen LogP contribution in [0.5, 0.6) is 0 Å². The molecule has 1 saturated carbocycles. The van der Waals surface area contributed by atoms with Crippen LogP contribution < -0.4 is 0 Å². The van der Waals surface area contributed by atoms with Gasteiger partial charge in [-0.05, 0) is 50.8 Å². The second-order valence-electron chi connectivity index (χ2n) is 7.86. The molecular formula is C22H28N2O2S2. The fraction of sp³-hybridized carbons (Fsp3) is 0.500. The summed E-state index contributed by atoms with van der Waals surface area (Å²) in [5, 5.41) is 1.62. The number of sulfonamides is 1. The molecule has 1 aromatic carbocycles. The Morgan fingerprint density at radius 3 is 2.50 bits per heavy atom. The fourth-order valence-electron chi connectivity index (χ4n) is 4.28. The molecule has 1 aliphatic carbocycles. The summed E-state index contributed by atoms with van der Waals surface area (Å²) < 4.78 is 28.4. The Labute approximate surface area is 172 Å². The van der Waals surface area contributed by atoms with Crippen LogP contribution in [0.3, 0.4) is 0 Å². The van der Waals surface area contributed by atoms with Gasteiger partial charge < -0.3 is 0 Å². The van der Waals surface area contributed by atoms with Crippen molar-refractivity contribution in [3.63, 3.8) is 0 Å². The predicted molar refractivity (Wildman–Crippen MR) is 114 cm³/mol. The van der Waals surface area contributed by atoms with E-state index in [-0.39, 0.29) is 6.04 Å². The molecule has 0 spiro atoms. The molecular weight excluding hydrogens is 388 g/mol. The molecule has 2 fully saturated rings. The van der Waals surface area contributed by atoms with Gasteiger partial charge in [0.1, 0.15) is 5.03 Å². The Bertz CT molecular complexity index is 906. The Morgan fingerprint density at radius 2 is 1.75 bits per heavy atom. The molecule has 1 aromatic heterocycles. The quantitative estimate of drug-likeness (QED) is 0.660. The van der Waals surface area contributed by atoms with Gasteiger partial charge in [0, 0.05) is 23.6 Å². The summed E-state index contributed by atoms with van der Waals surface area (Å²) in [4.78, 5) is 5.04. The van der Waals surface area contributed by atoms with E-state index in [4.69, 9.17) is 0 Å². The Balaban J connectivity index is 1.62. The number of pyridine rings is 1. The van der Waals surface area contributed by atoms with Crippen LogP contribution in [0.1, 0.15) is 62.1 Å². The molecule has 0 bridgehead atoms. The van der Waals surface area contributed by atoms with Crippen LogP contribution in [0, 0.1) is 6.92 Å². The van der Waals surface area contributed by atoms with Crippen molar-refractivity contribution in [2.45, 2.75) is 73.1 Å². The fourth-order valence-corrected chi connectivity index (χ4v) is 7.30. The van der Waals surface area contributed by atoms with Crippen LogP contribution in [-0.2, 0) is 10.0 Å². The van der Waals surface area contributed by atoms with E-state index in [1.54, 1.807) is 16.4 Å². The summed E-state index contributed by atoms with van der Waals surface area (Å²) in [7, 11) is -3.51. The van der Waals surface area contributed by atoms with Gasteiger partial charge >= 0.3 is 0 Å². The summed E-state index contributed by atoms with van der Waals surface area (Å²) in [6.07, 6.45) is 9.95. The van der Waals surface area contributed by atoms with Gasteiger partial charge in [-0.25, -0.2) is 13.4 Å². The number of thioether (sulfide) groups is 1. The highest BCUT2D eigenvalue weighted by molar-refractivity contribution is 7.99. The Hall–Kier alpha value is -1.37. The van der Waals surface area contributed by atoms with Gasteiger partial charge in [-0.3, -0.25) is 0 Å². The van der Waals surface area contributed by atoms with Crippen LogP contribution in [0.25, 0.3) is 0 Å². The number of benzene rings is 1. The van der Waals surface area contributed by atoms with Crippen LogP contribution in [0.15, 0.2) is 52.5 Å². The predicted octanol–water partition coefficient (Wildman–Crippen LogP) is 5.34. The molecule has 1 aliphatic heterocycles. The van der Waals surface area contributed by atoms with Crippen LogP contribution in [0.4, 0.5) is 0 Å². The van der Waals surface area contributed by atoms with Gasteiger partial charge in [0.05, 0.1) is 10.9 Å². The highest BCUT2D eigenvalue weighted by Crippen LogP contribution is 2.42. The zero-order valence-corrected chi connectivity index (χ0v) is 18.0. The third-order valence-corrected chi connectivity index (χ3v) is 9.11. The monoisotopic (exact) mass is 416 g/mol. The maximum atomic E-state index is 13.3. The molecule has 2 aromatic rings. The molecule has 2 heterocycles. The first kappa shape index (κ1) is 19.9. The van der Waals surface area contributed by atoms with E-state index < -0.39 is 10.0 Å². The van der Waals surface area contributed by atoms with Gasteiger partial charge in [0.25, 0.3) is 0 Å². The lowest BCUT2D eigenvalue weighted by Gasteiger charge is -2.27. The summed E-state index contributed by atoms with van der Waals surface area (Å²) in [5.74, 6) is 0. The standard InChI is InChI=1S/C22H28N2O2S2/c1-17-11-13-19(14-12-17)28(25,26)24-16-6-10-21(24)20-9-5-15-23-22(20)27-18-7-3-2-4-8-18/h5,9,11-15,18,21H,2-4,6-8,10,16H2,1H3/t21-/m1/s1. The number of rotatable bonds is 5. The van der Waals surface area contributed by atoms with E-state index in [1.165, 1.54) is 32.1 Å². The normalized spacial score (nSPS) is 21.8. The maximum Gasteiger partial charge on any atom is 0.243 e. The zero-order chi connectivity index (χ0) is 19.6. The lowest BCUT2D eigenvalue weighted by molar-refractivity contribution is 0.391. The molecule has 0 radical (unpaired) electrons. The van der Waals surface area contributed by atoms with E-state index in [0.717, 1.165) is 29.0 Å².